The number of unbranched alkanes of at least 4 members (excludes halogenated alkanes) is 1. The smallest absolute Gasteiger partial charge is 0.171 e. The first-order valence-electron chi connectivity index (χ1n) is 4.69. The van der Waals surface area contributed by atoms with Crippen molar-refractivity contribution in [1.82, 2.24) is 0 Å². The summed E-state index contributed by atoms with van der Waals surface area (Å²) in [4.78, 5) is 4.37. The van der Waals surface area contributed by atoms with Crippen LogP contribution in [0.2, 0.25) is 0 Å². The van der Waals surface area contributed by atoms with Crippen LogP contribution in [0.15, 0.2) is 18.2 Å². The zero-order chi connectivity index (χ0) is 9.68. The largest absolute Gasteiger partial charge is 0.340 e. The molecule has 1 rings (SSSR count). The molecule has 72 valence electrons. The monoisotopic (exact) mass is 180 g/mol. The van der Waals surface area contributed by atoms with Gasteiger partial charge < -0.3 is 4.89 Å². The van der Waals surface area contributed by atoms with Crippen molar-refractivity contribution in [3.8, 4) is 5.75 Å². The maximum Gasteiger partial charge on any atom is 0.171 e. The maximum atomic E-state index is 8.70. The molecule has 1 N–H and O–H groups in total. The first kappa shape index (κ1) is 10.1. The molecule has 0 aliphatic rings. The Hall–Kier alpha value is -1.02. The topological polar surface area (TPSA) is 29.5 Å². The summed E-state index contributed by atoms with van der Waals surface area (Å²) in [6.07, 6.45) is 3.24. The highest BCUT2D eigenvalue weighted by Gasteiger charge is 2.05. The van der Waals surface area contributed by atoms with Crippen LogP contribution in [0, 0.1) is 6.92 Å². The van der Waals surface area contributed by atoms with Crippen LogP contribution >= 0.6 is 0 Å². The fourth-order valence-electron chi connectivity index (χ4n) is 1.41. The van der Waals surface area contributed by atoms with E-state index in [0.717, 1.165) is 30.4 Å². The molecule has 0 heterocycles. The molecule has 1 aromatic rings. The Labute approximate surface area is 79.1 Å². The summed E-state index contributed by atoms with van der Waals surface area (Å²) < 4.78 is 0. The van der Waals surface area contributed by atoms with E-state index in [9.17, 15) is 0 Å². The summed E-state index contributed by atoms with van der Waals surface area (Å²) in [6, 6.07) is 5.91. The number of hydrogen-bond donors (Lipinski definition) is 1. The van der Waals surface area contributed by atoms with Crippen LogP contribution in [-0.2, 0) is 6.42 Å². The minimum Gasteiger partial charge on any atom is -0.340 e. The Morgan fingerprint density at radius 3 is 2.77 bits per heavy atom. The Balaban J connectivity index is 2.85. The highest BCUT2D eigenvalue weighted by molar-refractivity contribution is 5.40. The highest BCUT2D eigenvalue weighted by atomic mass is 17.1. The molecule has 1 aromatic carbocycles. The van der Waals surface area contributed by atoms with Crippen molar-refractivity contribution in [1.29, 1.82) is 0 Å². The predicted octanol–water partition coefficient (Wildman–Crippen LogP) is 3.19. The molecule has 0 aliphatic heterocycles. The molecule has 0 amide bonds. The molecule has 0 unspecified atom stereocenters. The standard InChI is InChI=1S/C11H16O2/c1-3-4-7-10-8-5-6-9(2)11(10)13-12/h5-6,8,12H,3-4,7H2,1-2H3. The molecule has 0 radical (unpaired) electrons. The van der Waals surface area contributed by atoms with Crippen molar-refractivity contribution in [2.45, 2.75) is 33.1 Å². The lowest BCUT2D eigenvalue weighted by atomic mass is 10.0. The van der Waals surface area contributed by atoms with Gasteiger partial charge in [0.2, 0.25) is 0 Å². The molecule has 13 heavy (non-hydrogen) atoms. The molecule has 0 saturated carbocycles. The van der Waals surface area contributed by atoms with Crippen LogP contribution in [0.25, 0.3) is 0 Å². The number of para-hydroxylation sites is 1. The third-order valence-corrected chi connectivity index (χ3v) is 2.18. The zero-order valence-corrected chi connectivity index (χ0v) is 8.21. The van der Waals surface area contributed by atoms with Crippen LogP contribution < -0.4 is 4.89 Å². The molecule has 0 bridgehead atoms. The van der Waals surface area contributed by atoms with Crippen molar-refractivity contribution < 1.29 is 10.1 Å². The lowest BCUT2D eigenvalue weighted by Crippen LogP contribution is -1.95. The van der Waals surface area contributed by atoms with Crippen molar-refractivity contribution in [2.24, 2.45) is 0 Å². The normalized spacial score (nSPS) is 10.1. The van der Waals surface area contributed by atoms with Gasteiger partial charge in [0.1, 0.15) is 0 Å². The van der Waals surface area contributed by atoms with Crippen molar-refractivity contribution >= 4 is 0 Å². The van der Waals surface area contributed by atoms with Crippen LogP contribution in [0.1, 0.15) is 30.9 Å². The third kappa shape index (κ3) is 2.46. The van der Waals surface area contributed by atoms with Crippen molar-refractivity contribution in [3.63, 3.8) is 0 Å². The van der Waals surface area contributed by atoms with E-state index in [1.165, 1.54) is 0 Å². The second kappa shape index (κ2) is 4.87. The Morgan fingerprint density at radius 2 is 2.15 bits per heavy atom. The number of benzene rings is 1. The lowest BCUT2D eigenvalue weighted by Gasteiger charge is -2.07. The summed E-state index contributed by atoms with van der Waals surface area (Å²) in [5.41, 5.74) is 2.07. The third-order valence-electron chi connectivity index (χ3n) is 2.18. The molecular weight excluding hydrogens is 164 g/mol. The lowest BCUT2D eigenvalue weighted by molar-refractivity contribution is -0.138. The fraction of sp³-hybridized carbons (Fsp3) is 0.455. The summed E-state index contributed by atoms with van der Waals surface area (Å²) in [7, 11) is 0. The zero-order valence-electron chi connectivity index (χ0n) is 8.21. The second-order valence-corrected chi connectivity index (χ2v) is 3.26. The minimum absolute atomic E-state index is 0.621. The van der Waals surface area contributed by atoms with Gasteiger partial charge in [-0.1, -0.05) is 31.5 Å². The molecule has 0 spiro atoms. The van der Waals surface area contributed by atoms with E-state index in [4.69, 9.17) is 5.26 Å². The van der Waals surface area contributed by atoms with Gasteiger partial charge in [0.15, 0.2) is 5.75 Å². The number of rotatable bonds is 4. The van der Waals surface area contributed by atoms with Crippen LogP contribution in [0.4, 0.5) is 0 Å². The molecule has 0 aromatic heterocycles. The van der Waals surface area contributed by atoms with Gasteiger partial charge in [0.25, 0.3) is 0 Å². The van der Waals surface area contributed by atoms with E-state index >= 15 is 0 Å². The SMILES string of the molecule is CCCCc1cccc(C)c1OO. The molecule has 2 nitrogen and oxygen atoms in total. The van der Waals surface area contributed by atoms with E-state index < -0.39 is 0 Å². The average Bonchev–Trinajstić information content (AvgIpc) is 2.15. The molecule has 2 heteroatoms. The van der Waals surface area contributed by atoms with E-state index in [2.05, 4.69) is 11.8 Å². The van der Waals surface area contributed by atoms with E-state index in [0.29, 0.717) is 5.75 Å². The van der Waals surface area contributed by atoms with Crippen molar-refractivity contribution in [3.05, 3.63) is 29.3 Å². The quantitative estimate of drug-likeness (QED) is 0.569. The summed E-state index contributed by atoms with van der Waals surface area (Å²) in [6.45, 7) is 4.08. The first-order chi connectivity index (χ1) is 6.29. The molecule has 0 atom stereocenters. The van der Waals surface area contributed by atoms with Gasteiger partial charge in [-0.25, -0.2) is 5.26 Å². The van der Waals surface area contributed by atoms with Gasteiger partial charge >= 0.3 is 0 Å². The van der Waals surface area contributed by atoms with Gasteiger partial charge in [-0.05, 0) is 30.9 Å². The second-order valence-electron chi connectivity index (χ2n) is 3.26. The average molecular weight is 180 g/mol. The Kier molecular flexibility index (Phi) is 3.77. The summed E-state index contributed by atoms with van der Waals surface area (Å²) >= 11 is 0. The first-order valence-corrected chi connectivity index (χ1v) is 4.69. The van der Waals surface area contributed by atoms with Crippen LogP contribution in [-0.4, -0.2) is 5.26 Å². The van der Waals surface area contributed by atoms with Gasteiger partial charge in [-0.2, -0.15) is 0 Å². The van der Waals surface area contributed by atoms with Crippen molar-refractivity contribution in [2.75, 3.05) is 0 Å². The highest BCUT2D eigenvalue weighted by Crippen LogP contribution is 2.24. The van der Waals surface area contributed by atoms with Gasteiger partial charge in [0, 0.05) is 0 Å². The van der Waals surface area contributed by atoms with E-state index in [1.54, 1.807) is 0 Å². The fourth-order valence-corrected chi connectivity index (χ4v) is 1.41. The molecule has 0 fully saturated rings. The number of aryl methyl sites for hydroxylation is 2. The molecule has 0 saturated heterocycles. The Bertz CT molecular complexity index is 269. The predicted molar refractivity (Wildman–Crippen MR) is 53.0 cm³/mol. The summed E-state index contributed by atoms with van der Waals surface area (Å²) in [5, 5.41) is 8.70. The van der Waals surface area contributed by atoms with Gasteiger partial charge in [0.05, 0.1) is 0 Å². The van der Waals surface area contributed by atoms with E-state index in [-0.39, 0.29) is 0 Å². The van der Waals surface area contributed by atoms with Gasteiger partial charge in [-0.15, -0.1) is 0 Å². The van der Waals surface area contributed by atoms with Crippen LogP contribution in [0.3, 0.4) is 0 Å². The molecular formula is C11H16O2. The van der Waals surface area contributed by atoms with E-state index in [1.807, 2.05) is 25.1 Å². The Morgan fingerprint density at radius 1 is 1.38 bits per heavy atom. The van der Waals surface area contributed by atoms with Gasteiger partial charge in [-0.3, -0.25) is 0 Å². The minimum atomic E-state index is 0.621. The summed E-state index contributed by atoms with van der Waals surface area (Å²) in [5.74, 6) is 0.621. The number of hydrogen-bond acceptors (Lipinski definition) is 2. The van der Waals surface area contributed by atoms with Crippen LogP contribution in [0.5, 0.6) is 5.75 Å². The molecule has 0 aliphatic carbocycles. The maximum absolute atomic E-state index is 8.70.